The van der Waals surface area contributed by atoms with E-state index in [0.717, 1.165) is 51.6 Å². The minimum atomic E-state index is 0.260. The summed E-state index contributed by atoms with van der Waals surface area (Å²) in [6.45, 7) is 9.08. The van der Waals surface area contributed by atoms with Gasteiger partial charge in [-0.25, -0.2) is 0 Å². The standard InChI is InChI=1S/C15H24N2O2/c1-14-3-2-4-15(13-14)19-12-10-17-7-5-16(6-8-17)9-11-18/h2-4,13,18H,5-12H2,1H3. The predicted octanol–water partition coefficient (Wildman–Crippen LogP) is 0.984. The zero-order chi connectivity index (χ0) is 13.5. The molecule has 0 spiro atoms. The highest BCUT2D eigenvalue weighted by Gasteiger charge is 2.15. The smallest absolute Gasteiger partial charge is 0.119 e. The second-order valence-corrected chi connectivity index (χ2v) is 5.07. The van der Waals surface area contributed by atoms with Crippen LogP contribution in [0, 0.1) is 6.92 Å². The third-order valence-corrected chi connectivity index (χ3v) is 3.55. The first kappa shape index (κ1) is 14.3. The van der Waals surface area contributed by atoms with Crippen molar-refractivity contribution in [3.8, 4) is 5.75 Å². The summed E-state index contributed by atoms with van der Waals surface area (Å²) < 4.78 is 5.77. The number of nitrogens with zero attached hydrogens (tertiary/aromatic N) is 2. The topological polar surface area (TPSA) is 35.9 Å². The summed E-state index contributed by atoms with van der Waals surface area (Å²) in [4.78, 5) is 4.72. The van der Waals surface area contributed by atoms with Gasteiger partial charge in [-0.2, -0.15) is 0 Å². The number of aryl methyl sites for hydroxylation is 1. The molecule has 1 aliphatic rings. The fourth-order valence-electron chi connectivity index (χ4n) is 2.38. The van der Waals surface area contributed by atoms with Crippen molar-refractivity contribution in [2.45, 2.75) is 6.92 Å². The molecule has 0 amide bonds. The molecule has 0 saturated carbocycles. The highest BCUT2D eigenvalue weighted by atomic mass is 16.5. The molecular weight excluding hydrogens is 240 g/mol. The van der Waals surface area contributed by atoms with E-state index in [4.69, 9.17) is 9.84 Å². The van der Waals surface area contributed by atoms with Crippen LogP contribution in [-0.2, 0) is 0 Å². The van der Waals surface area contributed by atoms with Crippen LogP contribution in [0.5, 0.6) is 5.75 Å². The monoisotopic (exact) mass is 264 g/mol. The van der Waals surface area contributed by atoms with E-state index in [1.54, 1.807) is 0 Å². The van der Waals surface area contributed by atoms with E-state index < -0.39 is 0 Å². The molecule has 0 aromatic heterocycles. The van der Waals surface area contributed by atoms with Crippen LogP contribution in [0.15, 0.2) is 24.3 Å². The molecule has 1 fully saturated rings. The van der Waals surface area contributed by atoms with Crippen LogP contribution >= 0.6 is 0 Å². The van der Waals surface area contributed by atoms with Crippen LogP contribution in [-0.4, -0.2) is 67.4 Å². The number of aliphatic hydroxyl groups is 1. The van der Waals surface area contributed by atoms with Gasteiger partial charge >= 0.3 is 0 Å². The summed E-state index contributed by atoms with van der Waals surface area (Å²) in [6, 6.07) is 8.18. The average molecular weight is 264 g/mol. The lowest BCUT2D eigenvalue weighted by atomic mass is 10.2. The fourth-order valence-corrected chi connectivity index (χ4v) is 2.38. The number of hydrogen-bond donors (Lipinski definition) is 1. The van der Waals surface area contributed by atoms with Crippen molar-refractivity contribution in [1.29, 1.82) is 0 Å². The molecule has 0 unspecified atom stereocenters. The van der Waals surface area contributed by atoms with Crippen molar-refractivity contribution in [3.05, 3.63) is 29.8 Å². The molecule has 106 valence electrons. The Morgan fingerprint density at radius 1 is 1.11 bits per heavy atom. The van der Waals surface area contributed by atoms with Crippen molar-refractivity contribution < 1.29 is 9.84 Å². The number of ether oxygens (including phenoxy) is 1. The van der Waals surface area contributed by atoms with E-state index in [0.29, 0.717) is 0 Å². The maximum Gasteiger partial charge on any atom is 0.119 e. The molecule has 4 heteroatoms. The van der Waals surface area contributed by atoms with Crippen molar-refractivity contribution >= 4 is 0 Å². The molecule has 19 heavy (non-hydrogen) atoms. The highest BCUT2D eigenvalue weighted by Crippen LogP contribution is 2.12. The van der Waals surface area contributed by atoms with Gasteiger partial charge in [0.1, 0.15) is 12.4 Å². The molecule has 2 rings (SSSR count). The van der Waals surface area contributed by atoms with E-state index in [2.05, 4.69) is 28.9 Å². The van der Waals surface area contributed by atoms with Crippen molar-refractivity contribution in [1.82, 2.24) is 9.80 Å². The van der Waals surface area contributed by atoms with Gasteiger partial charge < -0.3 is 9.84 Å². The van der Waals surface area contributed by atoms with Crippen LogP contribution < -0.4 is 4.74 Å². The Morgan fingerprint density at radius 2 is 1.79 bits per heavy atom. The summed E-state index contributed by atoms with van der Waals surface area (Å²) in [5, 5.41) is 8.90. The van der Waals surface area contributed by atoms with Crippen LogP contribution in [0.4, 0.5) is 0 Å². The van der Waals surface area contributed by atoms with Crippen LogP contribution in [0.1, 0.15) is 5.56 Å². The van der Waals surface area contributed by atoms with E-state index in [1.165, 1.54) is 5.56 Å². The van der Waals surface area contributed by atoms with Crippen LogP contribution in [0.3, 0.4) is 0 Å². The number of hydrogen-bond acceptors (Lipinski definition) is 4. The first-order chi connectivity index (χ1) is 9.28. The summed E-state index contributed by atoms with van der Waals surface area (Å²) in [5.74, 6) is 0.957. The SMILES string of the molecule is Cc1cccc(OCCN2CCN(CCO)CC2)c1. The van der Waals surface area contributed by atoms with Gasteiger partial charge in [0.05, 0.1) is 6.61 Å². The highest BCUT2D eigenvalue weighted by molar-refractivity contribution is 5.27. The summed E-state index contributed by atoms with van der Waals surface area (Å²) >= 11 is 0. The minimum absolute atomic E-state index is 0.260. The van der Waals surface area contributed by atoms with E-state index >= 15 is 0 Å². The van der Waals surface area contributed by atoms with Crippen LogP contribution in [0.2, 0.25) is 0 Å². The van der Waals surface area contributed by atoms with Crippen molar-refractivity contribution in [3.63, 3.8) is 0 Å². The minimum Gasteiger partial charge on any atom is -0.492 e. The number of piperazine rings is 1. The molecule has 0 atom stereocenters. The molecule has 1 N–H and O–H groups in total. The van der Waals surface area contributed by atoms with Gasteiger partial charge in [-0.1, -0.05) is 12.1 Å². The van der Waals surface area contributed by atoms with E-state index in [9.17, 15) is 0 Å². The first-order valence-electron chi connectivity index (χ1n) is 7.03. The molecule has 0 radical (unpaired) electrons. The maximum atomic E-state index is 8.90. The molecule has 0 aliphatic carbocycles. The molecule has 0 bridgehead atoms. The zero-order valence-corrected chi connectivity index (χ0v) is 11.7. The molecule has 1 aliphatic heterocycles. The fraction of sp³-hybridized carbons (Fsp3) is 0.600. The zero-order valence-electron chi connectivity index (χ0n) is 11.7. The number of benzene rings is 1. The molecule has 1 aromatic rings. The number of aliphatic hydroxyl groups excluding tert-OH is 1. The Labute approximate surface area is 115 Å². The summed E-state index contributed by atoms with van der Waals surface area (Å²) in [7, 11) is 0. The second-order valence-electron chi connectivity index (χ2n) is 5.07. The molecule has 1 saturated heterocycles. The predicted molar refractivity (Wildman–Crippen MR) is 76.6 cm³/mol. The summed E-state index contributed by atoms with van der Waals surface area (Å²) in [5.41, 5.74) is 1.23. The van der Waals surface area contributed by atoms with Gasteiger partial charge in [-0.15, -0.1) is 0 Å². The number of β-amino-alcohol motifs (C(OH)–C–C–N with tert-alkyl or cyclic N) is 1. The van der Waals surface area contributed by atoms with Gasteiger partial charge in [-0.05, 0) is 24.6 Å². The van der Waals surface area contributed by atoms with Crippen molar-refractivity contribution in [2.75, 3.05) is 52.5 Å². The molecule has 1 heterocycles. The Balaban J connectivity index is 1.64. The first-order valence-corrected chi connectivity index (χ1v) is 7.03. The quantitative estimate of drug-likeness (QED) is 0.831. The van der Waals surface area contributed by atoms with Crippen molar-refractivity contribution in [2.24, 2.45) is 0 Å². The van der Waals surface area contributed by atoms with E-state index in [1.807, 2.05) is 12.1 Å². The van der Waals surface area contributed by atoms with Gasteiger partial charge in [-0.3, -0.25) is 9.80 Å². The Kier molecular flexibility index (Phi) is 5.63. The molecule has 4 nitrogen and oxygen atoms in total. The van der Waals surface area contributed by atoms with Gasteiger partial charge in [0.2, 0.25) is 0 Å². The van der Waals surface area contributed by atoms with Gasteiger partial charge in [0.25, 0.3) is 0 Å². The van der Waals surface area contributed by atoms with Gasteiger partial charge in [0, 0.05) is 39.3 Å². The lowest BCUT2D eigenvalue weighted by Crippen LogP contribution is -2.48. The third-order valence-electron chi connectivity index (χ3n) is 3.55. The Bertz CT molecular complexity index is 376. The summed E-state index contributed by atoms with van der Waals surface area (Å²) in [6.07, 6.45) is 0. The largest absolute Gasteiger partial charge is 0.492 e. The Morgan fingerprint density at radius 3 is 2.42 bits per heavy atom. The second kappa shape index (κ2) is 7.48. The normalized spacial score (nSPS) is 17.6. The maximum absolute atomic E-state index is 8.90. The Hall–Kier alpha value is -1.10. The average Bonchev–Trinajstić information content (AvgIpc) is 2.41. The molecule has 1 aromatic carbocycles. The lowest BCUT2D eigenvalue weighted by Gasteiger charge is -2.34. The van der Waals surface area contributed by atoms with E-state index in [-0.39, 0.29) is 6.61 Å². The number of rotatable bonds is 6. The third kappa shape index (κ3) is 4.82. The van der Waals surface area contributed by atoms with Gasteiger partial charge in [0.15, 0.2) is 0 Å². The van der Waals surface area contributed by atoms with Crippen LogP contribution in [0.25, 0.3) is 0 Å². The molecular formula is C15H24N2O2. The lowest BCUT2D eigenvalue weighted by molar-refractivity contribution is 0.102.